The molecule has 50 heavy (non-hydrogen) atoms. The summed E-state index contributed by atoms with van der Waals surface area (Å²) in [6, 6.07) is 7.00. The Hall–Kier alpha value is -3.93. The molecule has 0 aliphatic carbocycles. The van der Waals surface area contributed by atoms with Crippen LogP contribution in [0.4, 0.5) is 11.4 Å². The molecule has 3 fully saturated rings. The third kappa shape index (κ3) is 6.87. The van der Waals surface area contributed by atoms with Gasteiger partial charge in [-0.3, -0.25) is 14.7 Å². The van der Waals surface area contributed by atoms with Crippen molar-refractivity contribution in [2.75, 3.05) is 64.2 Å². The van der Waals surface area contributed by atoms with Crippen LogP contribution >= 0.6 is 11.6 Å². The number of nitrogens with one attached hydrogen (secondary N) is 1. The number of hydrogen-bond acceptors (Lipinski definition) is 9. The minimum Gasteiger partial charge on any atom is -0.489 e. The zero-order chi connectivity index (χ0) is 36.3. The van der Waals surface area contributed by atoms with Crippen LogP contribution < -0.4 is 15.4 Å². The van der Waals surface area contributed by atoms with E-state index in [1.54, 1.807) is 0 Å². The third-order valence-electron chi connectivity index (χ3n) is 10.9. The second-order valence-electron chi connectivity index (χ2n) is 13.8. The second-order valence-corrected chi connectivity index (χ2v) is 14.2. The molecule has 2 unspecified atom stereocenters. The van der Waals surface area contributed by atoms with Crippen LogP contribution in [0.5, 0.6) is 5.75 Å². The maximum absolute atomic E-state index is 12.6. The predicted octanol–water partition coefficient (Wildman–Crippen LogP) is 5.03. The smallest absolute Gasteiger partial charge is 0.246 e. The molecular weight excluding hydrogens is 654 g/mol. The third-order valence-corrected chi connectivity index (χ3v) is 11.2. The SMILES string of the molecule is C=CC(=O)N1C[C@H](C)N(C(=NC)c2cc(Cl)c(-c3c(C)ccc(N)c3C=N)c3c2N(C)[C@@H](CCCN2C4CCC2COC4)CO3)C[C@H]1C.C=O. The molecule has 1 amide bonds. The van der Waals surface area contributed by atoms with Gasteiger partial charge >= 0.3 is 0 Å². The minimum atomic E-state index is -0.0608. The van der Waals surface area contributed by atoms with Crippen molar-refractivity contribution < 1.29 is 19.1 Å². The van der Waals surface area contributed by atoms with Crippen molar-refractivity contribution >= 4 is 47.7 Å². The molecule has 2 aromatic carbocycles. The van der Waals surface area contributed by atoms with Gasteiger partial charge in [0.25, 0.3) is 0 Å². The van der Waals surface area contributed by atoms with Crippen molar-refractivity contribution in [3.05, 3.63) is 52.6 Å². The number of likely N-dealkylation sites (N-methyl/N-ethyl adjacent to an activating group) is 1. The van der Waals surface area contributed by atoms with Gasteiger partial charge in [-0.2, -0.15) is 0 Å². The Bertz CT molecular complexity index is 1620. The quantitative estimate of drug-likeness (QED) is 0.169. The molecule has 6 rings (SSSR count). The fourth-order valence-electron chi connectivity index (χ4n) is 8.33. The van der Waals surface area contributed by atoms with Crippen LogP contribution in [0, 0.1) is 12.3 Å². The number of piperazine rings is 1. The number of nitrogen functional groups attached to an aromatic ring is 1. The number of aliphatic imine (C=N–C) groups is 1. The number of ether oxygens (including phenoxy) is 2. The van der Waals surface area contributed by atoms with Gasteiger partial charge in [0, 0.05) is 85.5 Å². The zero-order valence-corrected chi connectivity index (χ0v) is 30.8. The first-order valence-corrected chi connectivity index (χ1v) is 17.9. The number of morpholine rings is 1. The average Bonchev–Trinajstić information content (AvgIpc) is 3.32. The van der Waals surface area contributed by atoms with Gasteiger partial charge in [-0.1, -0.05) is 24.2 Å². The van der Waals surface area contributed by atoms with Crippen LogP contribution in [-0.4, -0.2) is 123 Å². The van der Waals surface area contributed by atoms with Gasteiger partial charge < -0.3 is 40.1 Å². The van der Waals surface area contributed by atoms with E-state index in [1.807, 2.05) is 43.9 Å². The normalized spacial score (nSPS) is 25.0. The summed E-state index contributed by atoms with van der Waals surface area (Å²) in [6.45, 7) is 16.3. The van der Waals surface area contributed by atoms with Crippen molar-refractivity contribution in [1.29, 1.82) is 5.41 Å². The number of fused-ring (bicyclic) bond motifs is 3. The molecule has 0 aromatic heterocycles. The molecule has 4 aliphatic rings. The molecule has 270 valence electrons. The van der Waals surface area contributed by atoms with Crippen LogP contribution in [0.3, 0.4) is 0 Å². The van der Waals surface area contributed by atoms with E-state index in [0.29, 0.717) is 53.8 Å². The highest BCUT2D eigenvalue weighted by Crippen LogP contribution is 2.50. The molecule has 3 saturated heterocycles. The number of nitrogens with zero attached hydrogens (tertiary/aromatic N) is 5. The number of hydrogen-bond donors (Lipinski definition) is 2. The molecule has 2 aromatic rings. The molecule has 11 nitrogen and oxygen atoms in total. The van der Waals surface area contributed by atoms with E-state index in [4.69, 9.17) is 42.0 Å². The van der Waals surface area contributed by atoms with Gasteiger partial charge in [-0.25, -0.2) is 0 Å². The number of aryl methyl sites for hydroxylation is 1. The summed E-state index contributed by atoms with van der Waals surface area (Å²) in [5, 5.41) is 8.76. The molecule has 2 bridgehead atoms. The first-order chi connectivity index (χ1) is 24.1. The Morgan fingerprint density at radius 1 is 1.10 bits per heavy atom. The van der Waals surface area contributed by atoms with Crippen molar-refractivity contribution in [1.82, 2.24) is 14.7 Å². The van der Waals surface area contributed by atoms with Gasteiger partial charge in [0.1, 0.15) is 19.2 Å². The summed E-state index contributed by atoms with van der Waals surface area (Å²) >= 11 is 7.26. The number of amidine groups is 1. The maximum atomic E-state index is 12.6. The molecule has 3 N–H and O–H groups in total. The second kappa shape index (κ2) is 16.0. The highest BCUT2D eigenvalue weighted by Gasteiger charge is 2.39. The van der Waals surface area contributed by atoms with Crippen LogP contribution in [-0.2, 0) is 14.3 Å². The molecule has 4 heterocycles. The number of anilines is 2. The van der Waals surface area contributed by atoms with Crippen LogP contribution in [0.15, 0.2) is 35.8 Å². The van der Waals surface area contributed by atoms with E-state index in [9.17, 15) is 4.79 Å². The molecule has 0 spiro atoms. The fraction of sp³-hybridized carbons (Fsp3) is 0.526. The molecular formula is C38H52ClN7O4. The van der Waals surface area contributed by atoms with E-state index < -0.39 is 0 Å². The molecule has 0 saturated carbocycles. The zero-order valence-electron chi connectivity index (χ0n) is 30.1. The first kappa shape index (κ1) is 37.3. The van der Waals surface area contributed by atoms with Crippen molar-refractivity contribution in [3.8, 4) is 16.9 Å². The number of amides is 1. The summed E-state index contributed by atoms with van der Waals surface area (Å²) in [4.78, 5) is 34.7. The van der Waals surface area contributed by atoms with Gasteiger partial charge in [0.2, 0.25) is 5.91 Å². The summed E-state index contributed by atoms with van der Waals surface area (Å²) in [6.07, 6.45) is 7.18. The van der Waals surface area contributed by atoms with Gasteiger partial charge in [-0.05, 0) is 76.8 Å². The number of carbonyl (C=O) groups is 2. The minimum absolute atomic E-state index is 0.00749. The number of benzene rings is 2. The largest absolute Gasteiger partial charge is 0.489 e. The van der Waals surface area contributed by atoms with Crippen LogP contribution in [0.25, 0.3) is 11.1 Å². The number of rotatable bonds is 8. The van der Waals surface area contributed by atoms with E-state index in [2.05, 4.69) is 42.2 Å². The van der Waals surface area contributed by atoms with E-state index in [0.717, 1.165) is 66.4 Å². The Balaban J connectivity index is 0.00000239. The summed E-state index contributed by atoms with van der Waals surface area (Å²) in [5.41, 5.74) is 11.9. The Kier molecular flexibility index (Phi) is 11.9. The Morgan fingerprint density at radius 3 is 2.40 bits per heavy atom. The Morgan fingerprint density at radius 2 is 1.76 bits per heavy atom. The Labute approximate surface area is 301 Å². The highest BCUT2D eigenvalue weighted by molar-refractivity contribution is 6.35. The first-order valence-electron chi connectivity index (χ1n) is 17.5. The lowest BCUT2D eigenvalue weighted by Gasteiger charge is -2.46. The summed E-state index contributed by atoms with van der Waals surface area (Å²) in [5.74, 6) is 1.43. The lowest BCUT2D eigenvalue weighted by molar-refractivity contribution is -0.130. The summed E-state index contributed by atoms with van der Waals surface area (Å²) in [7, 11) is 3.96. The van der Waals surface area contributed by atoms with Crippen LogP contribution in [0.2, 0.25) is 5.02 Å². The highest BCUT2D eigenvalue weighted by atomic mass is 35.5. The summed E-state index contributed by atoms with van der Waals surface area (Å²) < 4.78 is 12.6. The number of halogens is 1. The predicted molar refractivity (Wildman–Crippen MR) is 202 cm³/mol. The molecule has 0 radical (unpaired) electrons. The number of nitrogens with two attached hydrogens (primary N) is 1. The molecule has 12 heteroatoms. The standard InChI is InChI=1S/C37H50ClN7O3.CH2O/c1-7-32(46)44-17-24(4)45(18-23(44)3)37(41-5)28-15-30(38)34(33-22(2)10-13-31(40)29(33)16-39)36-35(28)42(6)25(21-48-36)9-8-14-43-26-11-12-27(43)20-47-19-26;1-2/h7,10,13,15-16,23-27,39H,1,8-9,11-12,14,17-21,40H2,2-6H3;1H2/t23-,24+,25+,26?,27?;/m1./s1. The van der Waals surface area contributed by atoms with E-state index in [-0.39, 0.29) is 24.0 Å². The molecule has 5 atom stereocenters. The topological polar surface area (TPSA) is 128 Å². The lowest BCUT2D eigenvalue weighted by Crippen LogP contribution is -2.59. The average molecular weight is 706 g/mol. The van der Waals surface area contributed by atoms with Gasteiger partial charge in [0.15, 0.2) is 5.75 Å². The lowest BCUT2D eigenvalue weighted by atomic mass is 9.90. The molecule has 4 aliphatic heterocycles. The van der Waals surface area contributed by atoms with Crippen molar-refractivity contribution in [2.24, 2.45) is 4.99 Å². The van der Waals surface area contributed by atoms with E-state index >= 15 is 0 Å². The van der Waals surface area contributed by atoms with Crippen molar-refractivity contribution in [3.63, 3.8) is 0 Å². The van der Waals surface area contributed by atoms with Gasteiger partial charge in [-0.15, -0.1) is 0 Å². The van der Waals surface area contributed by atoms with E-state index in [1.165, 1.54) is 25.1 Å². The van der Waals surface area contributed by atoms with Crippen LogP contribution in [0.1, 0.15) is 56.2 Å². The number of carbonyl (C=O) groups excluding carboxylic acids is 2. The fourth-order valence-corrected chi connectivity index (χ4v) is 8.62. The van der Waals surface area contributed by atoms with Crippen molar-refractivity contribution in [2.45, 2.75) is 76.7 Å². The van der Waals surface area contributed by atoms with Gasteiger partial charge in [0.05, 0.1) is 30.0 Å². The maximum Gasteiger partial charge on any atom is 0.246 e. The monoisotopic (exact) mass is 705 g/mol.